The fraction of sp³-hybridized carbons (Fsp3) is 0.722. The summed E-state index contributed by atoms with van der Waals surface area (Å²) < 4.78 is 35.6. The lowest BCUT2D eigenvalue weighted by atomic mass is 9.97. The summed E-state index contributed by atoms with van der Waals surface area (Å²) in [5.41, 5.74) is 0. The molecule has 1 aromatic rings. The zero-order valence-electron chi connectivity index (χ0n) is 17.0. The number of anilines is 1. The number of nitrogens with one attached hydrogen (secondary N) is 1. The van der Waals surface area contributed by atoms with Gasteiger partial charge in [-0.15, -0.1) is 0 Å². The lowest BCUT2D eigenvalue weighted by molar-refractivity contribution is -0.126. The van der Waals surface area contributed by atoms with E-state index >= 15 is 0 Å². The highest BCUT2D eigenvalue weighted by Crippen LogP contribution is 2.20. The maximum Gasteiger partial charge on any atom is 0.223 e. The number of ether oxygens (including phenoxy) is 2. The summed E-state index contributed by atoms with van der Waals surface area (Å²) in [5, 5.41) is 2.87. The van der Waals surface area contributed by atoms with Crippen LogP contribution in [0.1, 0.15) is 18.7 Å². The first-order valence-corrected chi connectivity index (χ1v) is 11.7. The minimum absolute atomic E-state index is 0.0605. The van der Waals surface area contributed by atoms with E-state index in [1.807, 2.05) is 6.92 Å². The molecule has 29 heavy (non-hydrogen) atoms. The predicted molar refractivity (Wildman–Crippen MR) is 107 cm³/mol. The second-order valence-electron chi connectivity index (χ2n) is 7.29. The molecule has 0 radical (unpaired) electrons. The van der Waals surface area contributed by atoms with Crippen molar-refractivity contribution in [3.63, 3.8) is 0 Å². The van der Waals surface area contributed by atoms with Gasteiger partial charge in [0.1, 0.15) is 18.2 Å². The third kappa shape index (κ3) is 6.25. The maximum absolute atomic E-state index is 12.3. The molecule has 2 aliphatic heterocycles. The third-order valence-electron chi connectivity index (χ3n) is 5.08. The minimum atomic E-state index is -3.18. The molecule has 1 amide bonds. The Balaban J connectivity index is 1.42. The molecule has 0 atom stereocenters. The van der Waals surface area contributed by atoms with E-state index in [2.05, 4.69) is 20.2 Å². The van der Waals surface area contributed by atoms with E-state index in [9.17, 15) is 13.2 Å². The van der Waals surface area contributed by atoms with Crippen LogP contribution in [-0.2, 0) is 19.6 Å². The van der Waals surface area contributed by atoms with Crippen molar-refractivity contribution in [2.45, 2.75) is 19.8 Å². The average molecular weight is 428 g/mol. The highest BCUT2D eigenvalue weighted by molar-refractivity contribution is 7.88. The minimum Gasteiger partial charge on any atom is -0.476 e. The van der Waals surface area contributed by atoms with E-state index < -0.39 is 10.0 Å². The zero-order chi connectivity index (χ0) is 20.9. The van der Waals surface area contributed by atoms with E-state index in [-0.39, 0.29) is 11.8 Å². The molecule has 0 unspecified atom stereocenters. The zero-order valence-corrected chi connectivity index (χ0v) is 17.8. The van der Waals surface area contributed by atoms with Gasteiger partial charge in [-0.2, -0.15) is 4.98 Å². The van der Waals surface area contributed by atoms with Crippen LogP contribution in [0.5, 0.6) is 5.88 Å². The van der Waals surface area contributed by atoms with Gasteiger partial charge in [0.25, 0.3) is 0 Å². The average Bonchev–Trinajstić information content (AvgIpc) is 2.71. The van der Waals surface area contributed by atoms with Gasteiger partial charge in [0.05, 0.1) is 26.0 Å². The van der Waals surface area contributed by atoms with Crippen LogP contribution in [0, 0.1) is 12.8 Å². The van der Waals surface area contributed by atoms with E-state index in [0.717, 1.165) is 18.9 Å². The molecule has 2 saturated heterocycles. The molecule has 2 fully saturated rings. The number of aryl methyl sites for hydroxylation is 1. The van der Waals surface area contributed by atoms with Crippen molar-refractivity contribution in [3.8, 4) is 5.88 Å². The quantitative estimate of drug-likeness (QED) is 0.595. The number of nitrogens with zero attached hydrogens (tertiary/aromatic N) is 4. The van der Waals surface area contributed by atoms with Crippen molar-refractivity contribution in [2.24, 2.45) is 5.92 Å². The molecular weight excluding hydrogens is 398 g/mol. The van der Waals surface area contributed by atoms with E-state index in [1.54, 1.807) is 6.07 Å². The van der Waals surface area contributed by atoms with Crippen LogP contribution in [-0.4, -0.2) is 87.4 Å². The number of amides is 1. The molecule has 0 saturated carbocycles. The van der Waals surface area contributed by atoms with E-state index in [0.29, 0.717) is 64.0 Å². The molecule has 0 aromatic carbocycles. The summed E-state index contributed by atoms with van der Waals surface area (Å²) in [5.74, 6) is 1.70. The van der Waals surface area contributed by atoms with Gasteiger partial charge >= 0.3 is 0 Å². The Morgan fingerprint density at radius 2 is 1.93 bits per heavy atom. The fourth-order valence-electron chi connectivity index (χ4n) is 3.48. The van der Waals surface area contributed by atoms with Crippen LogP contribution >= 0.6 is 0 Å². The Kier molecular flexibility index (Phi) is 7.25. The molecule has 0 spiro atoms. The maximum atomic E-state index is 12.3. The summed E-state index contributed by atoms with van der Waals surface area (Å²) in [7, 11) is -3.18. The second-order valence-corrected chi connectivity index (χ2v) is 9.27. The second kappa shape index (κ2) is 9.68. The first kappa shape index (κ1) is 21.7. The molecule has 2 aliphatic rings. The summed E-state index contributed by atoms with van der Waals surface area (Å²) in [4.78, 5) is 23.2. The van der Waals surface area contributed by atoms with E-state index in [4.69, 9.17) is 9.47 Å². The lowest BCUT2D eigenvalue weighted by Gasteiger charge is -2.29. The molecular formula is C18H29N5O5S. The summed E-state index contributed by atoms with van der Waals surface area (Å²) in [6.45, 7) is 6.17. The van der Waals surface area contributed by atoms with Gasteiger partial charge in [0, 0.05) is 38.2 Å². The highest BCUT2D eigenvalue weighted by atomic mass is 32.2. The number of aromatic nitrogens is 2. The predicted octanol–water partition coefficient (Wildman–Crippen LogP) is -0.212. The van der Waals surface area contributed by atoms with Gasteiger partial charge in [-0.05, 0) is 19.8 Å². The Morgan fingerprint density at radius 3 is 2.59 bits per heavy atom. The topological polar surface area (TPSA) is 114 Å². The molecule has 0 aliphatic carbocycles. The molecule has 1 N–H and O–H groups in total. The monoisotopic (exact) mass is 427 g/mol. The summed E-state index contributed by atoms with van der Waals surface area (Å²) in [6.07, 6.45) is 2.27. The van der Waals surface area contributed by atoms with Crippen molar-refractivity contribution in [1.82, 2.24) is 19.6 Å². The largest absolute Gasteiger partial charge is 0.476 e. The van der Waals surface area contributed by atoms with Crippen LogP contribution in [0.25, 0.3) is 0 Å². The molecule has 162 valence electrons. The number of rotatable bonds is 7. The van der Waals surface area contributed by atoms with Crippen LogP contribution < -0.4 is 15.0 Å². The Bertz CT molecular complexity index is 805. The number of morpholine rings is 1. The molecule has 10 nitrogen and oxygen atoms in total. The van der Waals surface area contributed by atoms with Crippen molar-refractivity contribution in [2.75, 3.05) is 63.7 Å². The number of hydrogen-bond acceptors (Lipinski definition) is 8. The van der Waals surface area contributed by atoms with Crippen molar-refractivity contribution in [3.05, 3.63) is 11.9 Å². The lowest BCUT2D eigenvalue weighted by Crippen LogP contribution is -2.43. The third-order valence-corrected chi connectivity index (χ3v) is 6.38. The number of piperidine rings is 1. The molecule has 11 heteroatoms. The van der Waals surface area contributed by atoms with Crippen LogP contribution in [0.4, 0.5) is 5.82 Å². The van der Waals surface area contributed by atoms with E-state index in [1.165, 1.54) is 10.6 Å². The van der Waals surface area contributed by atoms with Gasteiger partial charge < -0.3 is 19.7 Å². The van der Waals surface area contributed by atoms with Crippen LogP contribution in [0.3, 0.4) is 0 Å². The fourth-order valence-corrected chi connectivity index (χ4v) is 4.35. The van der Waals surface area contributed by atoms with Crippen LogP contribution in [0.15, 0.2) is 6.07 Å². The number of carbonyl (C=O) groups is 1. The Morgan fingerprint density at radius 1 is 1.24 bits per heavy atom. The summed E-state index contributed by atoms with van der Waals surface area (Å²) >= 11 is 0. The van der Waals surface area contributed by atoms with Gasteiger partial charge in [-0.1, -0.05) is 0 Å². The molecule has 1 aromatic heterocycles. The Labute approximate surface area is 171 Å². The normalized spacial score (nSPS) is 19.2. The van der Waals surface area contributed by atoms with Gasteiger partial charge in [-0.25, -0.2) is 17.7 Å². The molecule has 3 heterocycles. The summed E-state index contributed by atoms with van der Waals surface area (Å²) in [6, 6.07) is 1.81. The Hall–Kier alpha value is -1.98. The SMILES string of the molecule is Cc1nc(OCCNC(=O)C2CCN(S(C)(=O)=O)CC2)cc(N2CCOCC2)n1. The first-order valence-electron chi connectivity index (χ1n) is 9.87. The van der Waals surface area contributed by atoms with Crippen LogP contribution in [0.2, 0.25) is 0 Å². The molecule has 0 bridgehead atoms. The number of carbonyl (C=O) groups excluding carboxylic acids is 1. The molecule has 3 rings (SSSR count). The smallest absolute Gasteiger partial charge is 0.223 e. The first-order chi connectivity index (χ1) is 13.8. The standard InChI is InChI=1S/C18H29N5O5S/c1-14-20-16(22-8-11-27-12-9-22)13-17(21-14)28-10-5-19-18(24)15-3-6-23(7-4-15)29(2,25)26/h13,15H,3-12H2,1-2H3,(H,19,24). The van der Waals surface area contributed by atoms with Crippen molar-refractivity contribution in [1.29, 1.82) is 0 Å². The number of sulfonamides is 1. The van der Waals surface area contributed by atoms with Gasteiger partial charge in [-0.3, -0.25) is 4.79 Å². The van der Waals surface area contributed by atoms with Gasteiger partial charge in [0.15, 0.2) is 0 Å². The highest BCUT2D eigenvalue weighted by Gasteiger charge is 2.28. The number of hydrogen-bond donors (Lipinski definition) is 1. The van der Waals surface area contributed by atoms with Crippen molar-refractivity contribution >= 4 is 21.7 Å². The van der Waals surface area contributed by atoms with Crippen molar-refractivity contribution < 1.29 is 22.7 Å². The van der Waals surface area contributed by atoms with Gasteiger partial charge in [0.2, 0.25) is 21.8 Å².